The summed E-state index contributed by atoms with van der Waals surface area (Å²) in [4.78, 5) is 6.75. The molecule has 0 aromatic carbocycles. The predicted octanol–water partition coefficient (Wildman–Crippen LogP) is 2.53. The minimum atomic E-state index is -3.50. The van der Waals surface area contributed by atoms with Gasteiger partial charge in [0.15, 0.2) is 0 Å². The van der Waals surface area contributed by atoms with Gasteiger partial charge in [-0.3, -0.25) is 0 Å². The first-order valence-electron chi connectivity index (χ1n) is 6.65. The van der Waals surface area contributed by atoms with Crippen molar-refractivity contribution in [2.75, 3.05) is 7.05 Å². The molecule has 1 atom stereocenters. The van der Waals surface area contributed by atoms with E-state index < -0.39 is 10.0 Å². The molecule has 5 nitrogen and oxygen atoms in total. The highest BCUT2D eigenvalue weighted by atomic mass is 32.2. The van der Waals surface area contributed by atoms with Gasteiger partial charge < -0.3 is 5.32 Å². The molecule has 0 saturated carbocycles. The van der Waals surface area contributed by atoms with Crippen LogP contribution in [-0.4, -0.2) is 20.4 Å². The quantitative estimate of drug-likeness (QED) is 0.809. The molecule has 21 heavy (non-hydrogen) atoms. The van der Waals surface area contributed by atoms with Crippen LogP contribution in [0.3, 0.4) is 0 Å². The van der Waals surface area contributed by atoms with Crippen LogP contribution in [0.15, 0.2) is 22.5 Å². The Morgan fingerprint density at radius 3 is 2.76 bits per heavy atom. The molecule has 2 aromatic rings. The molecular weight excluding hydrogens is 326 g/mol. The molecule has 2 aromatic heterocycles. The smallest absolute Gasteiger partial charge is 0.242 e. The van der Waals surface area contributed by atoms with Crippen LogP contribution in [-0.2, 0) is 23.0 Å². The molecule has 0 spiro atoms. The van der Waals surface area contributed by atoms with Gasteiger partial charge in [0, 0.05) is 27.9 Å². The number of nitrogens with zero attached hydrogens (tertiary/aromatic N) is 1. The Morgan fingerprint density at radius 2 is 2.14 bits per heavy atom. The van der Waals surface area contributed by atoms with E-state index in [1.54, 1.807) is 29.0 Å². The zero-order chi connectivity index (χ0) is 15.5. The molecule has 116 valence electrons. The number of hydrogen-bond donors (Lipinski definition) is 2. The first-order chi connectivity index (χ1) is 9.96. The van der Waals surface area contributed by atoms with Gasteiger partial charge in [0.2, 0.25) is 10.0 Å². The summed E-state index contributed by atoms with van der Waals surface area (Å²) in [5.74, 6) is 0. The number of aryl methyl sites for hydroxylation is 1. The SMILES string of the molecule is CCc1cnc(C(C)NS(=O)(=O)c2csc(CNC)c2)s1. The van der Waals surface area contributed by atoms with Gasteiger partial charge in [0.25, 0.3) is 0 Å². The maximum absolute atomic E-state index is 12.4. The molecule has 0 bridgehead atoms. The fourth-order valence-corrected chi connectivity index (χ4v) is 5.23. The Hall–Kier alpha value is -0.800. The lowest BCUT2D eigenvalue weighted by atomic mass is 10.4. The van der Waals surface area contributed by atoms with Crippen LogP contribution in [0, 0.1) is 0 Å². The highest BCUT2D eigenvalue weighted by Gasteiger charge is 2.21. The van der Waals surface area contributed by atoms with Crippen molar-refractivity contribution >= 4 is 32.7 Å². The molecule has 0 aliphatic heterocycles. The van der Waals surface area contributed by atoms with Gasteiger partial charge in [0.1, 0.15) is 5.01 Å². The van der Waals surface area contributed by atoms with Crippen LogP contribution in [0.5, 0.6) is 0 Å². The maximum Gasteiger partial charge on any atom is 0.242 e. The van der Waals surface area contributed by atoms with E-state index in [0.717, 1.165) is 21.2 Å². The minimum absolute atomic E-state index is 0.317. The van der Waals surface area contributed by atoms with Crippen molar-refractivity contribution in [3.8, 4) is 0 Å². The molecule has 0 saturated heterocycles. The van der Waals surface area contributed by atoms with Crippen molar-refractivity contribution in [1.29, 1.82) is 0 Å². The first-order valence-corrected chi connectivity index (χ1v) is 9.83. The second-order valence-corrected chi connectivity index (χ2v) is 8.50. The van der Waals surface area contributed by atoms with E-state index in [1.807, 2.05) is 14.0 Å². The average Bonchev–Trinajstić information content (AvgIpc) is 3.07. The van der Waals surface area contributed by atoms with Gasteiger partial charge in [-0.15, -0.1) is 22.7 Å². The number of rotatable bonds is 7. The summed E-state index contributed by atoms with van der Waals surface area (Å²) in [6, 6.07) is 1.38. The van der Waals surface area contributed by atoms with E-state index in [9.17, 15) is 8.42 Å². The largest absolute Gasteiger partial charge is 0.315 e. The Bertz CT molecular complexity index is 691. The fraction of sp³-hybridized carbons (Fsp3) is 0.462. The van der Waals surface area contributed by atoms with Gasteiger partial charge in [-0.05, 0) is 26.5 Å². The maximum atomic E-state index is 12.4. The Morgan fingerprint density at radius 1 is 1.38 bits per heavy atom. The molecule has 0 amide bonds. The van der Waals surface area contributed by atoms with Crippen molar-refractivity contribution < 1.29 is 8.42 Å². The lowest BCUT2D eigenvalue weighted by Gasteiger charge is -2.10. The summed E-state index contributed by atoms with van der Waals surface area (Å²) in [6.07, 6.45) is 2.72. The molecule has 2 heterocycles. The van der Waals surface area contributed by atoms with Crippen molar-refractivity contribution in [3.63, 3.8) is 0 Å². The van der Waals surface area contributed by atoms with E-state index in [0.29, 0.717) is 11.4 Å². The third-order valence-electron chi connectivity index (χ3n) is 2.91. The van der Waals surface area contributed by atoms with Crippen molar-refractivity contribution in [3.05, 3.63) is 32.4 Å². The van der Waals surface area contributed by atoms with Crippen molar-refractivity contribution in [1.82, 2.24) is 15.0 Å². The number of thiazole rings is 1. The standard InChI is InChI=1S/C13H19N3O2S3/c1-4-10-7-15-13(20-10)9(2)16-21(17,18)12-5-11(6-14-3)19-8-12/h5,7-9,14,16H,4,6H2,1-3H3. The number of sulfonamides is 1. The number of hydrogen-bond acceptors (Lipinski definition) is 6. The number of thiophene rings is 1. The van der Waals surface area contributed by atoms with E-state index in [1.165, 1.54) is 11.3 Å². The summed E-state index contributed by atoms with van der Waals surface area (Å²) in [5, 5.41) is 5.47. The third-order valence-corrected chi connectivity index (χ3v) is 6.84. The number of aromatic nitrogens is 1. The first kappa shape index (κ1) is 16.6. The monoisotopic (exact) mass is 345 g/mol. The van der Waals surface area contributed by atoms with E-state index in [4.69, 9.17) is 0 Å². The average molecular weight is 346 g/mol. The molecule has 0 radical (unpaired) electrons. The van der Waals surface area contributed by atoms with Crippen molar-refractivity contribution in [2.24, 2.45) is 0 Å². The van der Waals surface area contributed by atoms with Crippen LogP contribution in [0.1, 0.15) is 34.7 Å². The van der Waals surface area contributed by atoms with E-state index in [-0.39, 0.29) is 6.04 Å². The molecule has 0 aliphatic carbocycles. The summed E-state index contributed by atoms with van der Waals surface area (Å²) < 4.78 is 27.4. The van der Waals surface area contributed by atoms with Crippen LogP contribution in [0.2, 0.25) is 0 Å². The lowest BCUT2D eigenvalue weighted by molar-refractivity contribution is 0.566. The molecule has 0 fully saturated rings. The molecule has 8 heteroatoms. The van der Waals surface area contributed by atoms with E-state index >= 15 is 0 Å². The zero-order valence-electron chi connectivity index (χ0n) is 12.2. The second-order valence-electron chi connectivity index (χ2n) is 4.64. The lowest BCUT2D eigenvalue weighted by Crippen LogP contribution is -2.26. The summed E-state index contributed by atoms with van der Waals surface area (Å²) in [6.45, 7) is 4.54. The topological polar surface area (TPSA) is 71.1 Å². The third kappa shape index (κ3) is 4.10. The molecule has 0 aliphatic rings. The summed E-state index contributed by atoms with van der Waals surface area (Å²) >= 11 is 2.98. The predicted molar refractivity (Wildman–Crippen MR) is 87.3 cm³/mol. The summed E-state index contributed by atoms with van der Waals surface area (Å²) in [5.41, 5.74) is 0. The van der Waals surface area contributed by atoms with Gasteiger partial charge in [-0.2, -0.15) is 0 Å². The van der Waals surface area contributed by atoms with Gasteiger partial charge in [0.05, 0.1) is 10.9 Å². The zero-order valence-corrected chi connectivity index (χ0v) is 14.7. The Labute approximate surface area is 133 Å². The highest BCUT2D eigenvalue weighted by molar-refractivity contribution is 7.89. The van der Waals surface area contributed by atoms with Gasteiger partial charge in [-0.25, -0.2) is 18.1 Å². The molecule has 2 rings (SSSR count). The minimum Gasteiger partial charge on any atom is -0.315 e. The van der Waals surface area contributed by atoms with Crippen LogP contribution >= 0.6 is 22.7 Å². The molecular formula is C13H19N3O2S3. The van der Waals surface area contributed by atoms with Crippen molar-refractivity contribution in [2.45, 2.75) is 37.8 Å². The van der Waals surface area contributed by atoms with Crippen LogP contribution in [0.25, 0.3) is 0 Å². The Balaban J connectivity index is 2.12. The molecule has 1 unspecified atom stereocenters. The Kier molecular flexibility index (Phi) is 5.50. The van der Waals surface area contributed by atoms with Gasteiger partial charge >= 0.3 is 0 Å². The normalized spacial score (nSPS) is 13.5. The molecule has 2 N–H and O–H groups in total. The highest BCUT2D eigenvalue weighted by Crippen LogP contribution is 2.24. The second kappa shape index (κ2) is 6.97. The fourth-order valence-electron chi connectivity index (χ4n) is 1.81. The van der Waals surface area contributed by atoms with Gasteiger partial charge in [-0.1, -0.05) is 6.92 Å². The van der Waals surface area contributed by atoms with Crippen LogP contribution in [0.4, 0.5) is 0 Å². The number of nitrogens with one attached hydrogen (secondary N) is 2. The van der Waals surface area contributed by atoms with E-state index in [2.05, 4.69) is 21.9 Å². The van der Waals surface area contributed by atoms with Crippen LogP contribution < -0.4 is 10.0 Å². The summed E-state index contributed by atoms with van der Waals surface area (Å²) in [7, 11) is -1.67.